The zero-order valence-corrected chi connectivity index (χ0v) is 37.7. The van der Waals surface area contributed by atoms with Crippen molar-refractivity contribution in [2.75, 3.05) is 68.6 Å². The van der Waals surface area contributed by atoms with Gasteiger partial charge in [0.15, 0.2) is 27.8 Å². The number of hydrogen-bond donors (Lipinski definition) is 1. The van der Waals surface area contributed by atoms with E-state index < -0.39 is 0 Å². The second-order valence-corrected chi connectivity index (χ2v) is 16.9. The lowest BCUT2D eigenvalue weighted by Crippen LogP contribution is -2.50. The molecule has 0 atom stereocenters. The fraction of sp³-hybridized carbons (Fsp3) is 0.450. The van der Waals surface area contributed by atoms with Crippen molar-refractivity contribution in [3.8, 4) is 11.5 Å². The van der Waals surface area contributed by atoms with Gasteiger partial charge in [-0.05, 0) is 110 Å². The van der Waals surface area contributed by atoms with E-state index in [2.05, 4.69) is 77.5 Å². The number of aliphatic imine (C=N–C) groups is 2. The van der Waals surface area contributed by atoms with E-state index in [4.69, 9.17) is 14.5 Å². The summed E-state index contributed by atoms with van der Waals surface area (Å²) < 4.78 is 17.0. The van der Waals surface area contributed by atoms with Crippen LogP contribution in [0.15, 0.2) is 60.1 Å². The summed E-state index contributed by atoms with van der Waals surface area (Å²) in [5.74, 6) is 5.06. The number of nitrogens with one attached hydrogen (secondary N) is 1. The van der Waals surface area contributed by atoms with Gasteiger partial charge >= 0.3 is 0 Å². The zero-order chi connectivity index (χ0) is 40.7. The fourth-order valence-electron chi connectivity index (χ4n) is 8.21. The number of anilines is 3. The summed E-state index contributed by atoms with van der Waals surface area (Å²) in [5.41, 5.74) is 3.33. The molecule has 58 heavy (non-hydrogen) atoms. The number of aromatic nitrogens is 4. The first kappa shape index (κ1) is 40.4. The van der Waals surface area contributed by atoms with E-state index in [9.17, 15) is 9.59 Å². The van der Waals surface area contributed by atoms with Gasteiger partial charge < -0.3 is 19.4 Å². The molecule has 6 heterocycles. The lowest BCUT2D eigenvalue weighted by molar-refractivity contribution is 0.0828. The predicted octanol–water partition coefficient (Wildman–Crippen LogP) is 7.22. The number of methoxy groups -OCH3 is 2. The highest BCUT2D eigenvalue weighted by Crippen LogP contribution is 2.37. The summed E-state index contributed by atoms with van der Waals surface area (Å²) >= 11 is 10.6. The van der Waals surface area contributed by atoms with E-state index in [0.717, 1.165) is 75.2 Å². The summed E-state index contributed by atoms with van der Waals surface area (Å²) in [6.07, 6.45) is 6.03. The maximum absolute atomic E-state index is 13.6. The Bertz CT molecular complexity index is 2300. The van der Waals surface area contributed by atoms with Crippen LogP contribution in [-0.4, -0.2) is 112 Å². The standard InChI is InChI=1S/C23H29BrN6O2.C17H17Br2N5O2/c1-3-28-21(31)19-20(29-12-11-25-23(28)29)27-22(26-16-7-5-4-6-8-16)30(19)14-15-9-10-18(32-2)17(24)13-15;1-3-22-15(25)13-14(23-7-6-20-17(22)23)21-16(19)24(13)9-10-4-5-12(26-2)11(18)8-10/h9-10,13,16H,3-8,11-12,14H2,1-2H3,(H,26,27);4-5,8H,3,6-7,9H2,1-2H3. The van der Waals surface area contributed by atoms with Gasteiger partial charge in [-0.2, -0.15) is 4.98 Å². The number of ether oxygens (including phenoxy) is 2. The summed E-state index contributed by atoms with van der Waals surface area (Å²) in [5, 5.41) is 3.68. The van der Waals surface area contributed by atoms with Gasteiger partial charge in [0.1, 0.15) is 11.5 Å². The molecule has 0 unspecified atom stereocenters. The van der Waals surface area contributed by atoms with Crippen LogP contribution in [0, 0.1) is 0 Å². The number of imidazole rings is 2. The lowest BCUT2D eigenvalue weighted by atomic mass is 9.96. The van der Waals surface area contributed by atoms with Crippen molar-refractivity contribution >= 4 is 89.1 Å². The lowest BCUT2D eigenvalue weighted by Gasteiger charge is -2.32. The van der Waals surface area contributed by atoms with Crippen LogP contribution in [0.3, 0.4) is 0 Å². The molecule has 5 aliphatic rings. The molecule has 0 bridgehead atoms. The van der Waals surface area contributed by atoms with Crippen LogP contribution in [-0.2, 0) is 13.1 Å². The van der Waals surface area contributed by atoms with Gasteiger partial charge in [0.25, 0.3) is 11.8 Å². The van der Waals surface area contributed by atoms with Gasteiger partial charge in [0, 0.05) is 32.2 Å². The zero-order valence-electron chi connectivity index (χ0n) is 33.0. The molecular weight excluding hydrogens is 938 g/mol. The smallest absolute Gasteiger partial charge is 0.281 e. The quantitative estimate of drug-likeness (QED) is 0.175. The minimum Gasteiger partial charge on any atom is -0.496 e. The fourth-order valence-corrected chi connectivity index (χ4v) is 9.86. The number of hydrogen-bond acceptors (Lipinski definition) is 11. The molecule has 4 aliphatic heterocycles. The molecule has 2 amide bonds. The first-order valence-electron chi connectivity index (χ1n) is 19.7. The van der Waals surface area contributed by atoms with Crippen LogP contribution in [0.4, 0.5) is 17.6 Å². The molecule has 0 saturated heterocycles. The summed E-state index contributed by atoms with van der Waals surface area (Å²) in [6, 6.07) is 12.3. The van der Waals surface area contributed by atoms with Crippen LogP contribution in [0.1, 0.15) is 78.1 Å². The van der Waals surface area contributed by atoms with Crippen molar-refractivity contribution in [2.24, 2.45) is 9.98 Å². The molecule has 9 rings (SSSR count). The molecule has 1 N–H and O–H groups in total. The normalized spacial score (nSPS) is 17.3. The number of benzene rings is 2. The SMILES string of the molecule is CCN1C(=O)c2c(nc(Br)n2Cc2ccc(OC)c(Br)c2)N2CCN=C12.CCN1C(=O)c2c(nc(NC3CCCCC3)n2Cc2ccc(OC)c(Br)c2)N2CCN=C12. The van der Waals surface area contributed by atoms with Crippen LogP contribution in [0.2, 0.25) is 0 Å². The topological polar surface area (TPSA) is 138 Å². The predicted molar refractivity (Wildman–Crippen MR) is 235 cm³/mol. The minimum atomic E-state index is -0.0647. The summed E-state index contributed by atoms with van der Waals surface area (Å²) in [7, 11) is 3.29. The average Bonchev–Trinajstić information content (AvgIpc) is 4.03. The van der Waals surface area contributed by atoms with Crippen LogP contribution < -0.4 is 24.6 Å². The van der Waals surface area contributed by atoms with E-state index in [1.54, 1.807) is 24.0 Å². The summed E-state index contributed by atoms with van der Waals surface area (Å²) in [6.45, 7) is 9.02. The van der Waals surface area contributed by atoms with Gasteiger partial charge in [-0.25, -0.2) is 4.98 Å². The molecule has 2 aromatic carbocycles. The van der Waals surface area contributed by atoms with E-state index in [1.807, 2.05) is 59.7 Å². The Labute approximate surface area is 362 Å². The van der Waals surface area contributed by atoms with Gasteiger partial charge in [0.2, 0.25) is 17.9 Å². The highest BCUT2D eigenvalue weighted by Gasteiger charge is 2.42. The highest BCUT2D eigenvalue weighted by molar-refractivity contribution is 9.11. The van der Waals surface area contributed by atoms with Crippen LogP contribution in [0.25, 0.3) is 0 Å². The van der Waals surface area contributed by atoms with Gasteiger partial charge in [-0.1, -0.05) is 31.4 Å². The maximum Gasteiger partial charge on any atom is 0.281 e. The Morgan fingerprint density at radius 2 is 1.21 bits per heavy atom. The van der Waals surface area contributed by atoms with Crippen molar-refractivity contribution in [2.45, 2.75) is 65.1 Å². The minimum absolute atomic E-state index is 0.0313. The van der Waals surface area contributed by atoms with Crippen LogP contribution >= 0.6 is 47.8 Å². The number of rotatable bonds is 10. The van der Waals surface area contributed by atoms with E-state index >= 15 is 0 Å². The Morgan fingerprint density at radius 1 is 0.707 bits per heavy atom. The molecule has 306 valence electrons. The average molecular weight is 985 g/mol. The number of nitrogens with zero attached hydrogens (tertiary/aromatic N) is 10. The van der Waals surface area contributed by atoms with Crippen molar-refractivity contribution < 1.29 is 19.1 Å². The molecular formula is C40H46Br3N11O4. The Balaban J connectivity index is 0.000000165. The molecule has 18 heteroatoms. The Morgan fingerprint density at radius 3 is 1.71 bits per heavy atom. The Kier molecular flexibility index (Phi) is 11.9. The molecule has 1 saturated carbocycles. The van der Waals surface area contributed by atoms with Crippen molar-refractivity contribution in [1.82, 2.24) is 28.9 Å². The van der Waals surface area contributed by atoms with E-state index in [1.165, 1.54) is 19.3 Å². The maximum atomic E-state index is 13.6. The highest BCUT2D eigenvalue weighted by atomic mass is 79.9. The van der Waals surface area contributed by atoms with Gasteiger partial charge in [0.05, 0.1) is 49.3 Å². The molecule has 1 aliphatic carbocycles. The third-order valence-electron chi connectivity index (χ3n) is 11.1. The molecule has 0 radical (unpaired) electrons. The van der Waals surface area contributed by atoms with Crippen LogP contribution in [0.5, 0.6) is 11.5 Å². The van der Waals surface area contributed by atoms with Crippen molar-refractivity contribution in [3.63, 3.8) is 0 Å². The second kappa shape index (κ2) is 17.0. The first-order valence-corrected chi connectivity index (χ1v) is 22.1. The molecule has 4 aromatic rings. The number of amides is 2. The number of carbonyl (C=O) groups excluding carboxylic acids is 2. The third-order valence-corrected chi connectivity index (χ3v) is 12.9. The molecule has 0 spiro atoms. The second-order valence-electron chi connectivity index (χ2n) is 14.5. The number of fused-ring (bicyclic) bond motifs is 6. The summed E-state index contributed by atoms with van der Waals surface area (Å²) in [4.78, 5) is 52.9. The third kappa shape index (κ3) is 7.40. The van der Waals surface area contributed by atoms with Crippen molar-refractivity contribution in [1.29, 1.82) is 0 Å². The van der Waals surface area contributed by atoms with E-state index in [-0.39, 0.29) is 11.8 Å². The van der Waals surface area contributed by atoms with Gasteiger partial charge in [-0.15, -0.1) is 0 Å². The molecule has 1 fully saturated rings. The van der Waals surface area contributed by atoms with E-state index in [0.29, 0.717) is 73.2 Å². The monoisotopic (exact) mass is 981 g/mol. The molecule has 15 nitrogen and oxygen atoms in total. The van der Waals surface area contributed by atoms with Crippen molar-refractivity contribution in [3.05, 3.63) is 72.6 Å². The Hall–Kier alpha value is -4.42. The largest absolute Gasteiger partial charge is 0.496 e. The van der Waals surface area contributed by atoms with Gasteiger partial charge in [-0.3, -0.25) is 43.7 Å². The number of guanidine groups is 2. The first-order chi connectivity index (χ1) is 28.1. The molecule has 2 aromatic heterocycles. The number of halogens is 3. The number of carbonyl (C=O) groups is 2.